The molecule has 1 heterocycles. The van der Waals surface area contributed by atoms with Gasteiger partial charge in [-0.25, -0.2) is 0 Å². The SMILES string of the molecule is CCc1nn(CC)c(CC(=O)c2ccc(C)cc2)c1Cl. The number of rotatable bonds is 5. The van der Waals surface area contributed by atoms with Crippen LogP contribution in [0.15, 0.2) is 24.3 Å². The first-order valence-electron chi connectivity index (χ1n) is 6.90. The average Bonchev–Trinajstić information content (AvgIpc) is 2.76. The summed E-state index contributed by atoms with van der Waals surface area (Å²) in [5.74, 6) is 0.0733. The molecule has 0 spiro atoms. The van der Waals surface area contributed by atoms with Gasteiger partial charge in [-0.1, -0.05) is 48.4 Å². The number of aromatic nitrogens is 2. The molecule has 4 heteroatoms. The standard InChI is InChI=1S/C16H19ClN2O/c1-4-13-16(17)14(19(5-2)18-13)10-15(20)12-8-6-11(3)7-9-12/h6-9H,4-5,10H2,1-3H3. The quantitative estimate of drug-likeness (QED) is 0.784. The molecule has 0 bridgehead atoms. The Labute approximate surface area is 124 Å². The van der Waals surface area contributed by atoms with Crippen molar-refractivity contribution in [1.82, 2.24) is 9.78 Å². The Hall–Kier alpha value is -1.61. The molecular formula is C16H19ClN2O. The second kappa shape index (κ2) is 6.23. The van der Waals surface area contributed by atoms with Crippen molar-refractivity contribution in [2.24, 2.45) is 0 Å². The highest BCUT2D eigenvalue weighted by Crippen LogP contribution is 2.23. The number of carbonyl (C=O) groups excluding carboxylic acids is 1. The van der Waals surface area contributed by atoms with Crippen molar-refractivity contribution in [2.75, 3.05) is 0 Å². The smallest absolute Gasteiger partial charge is 0.168 e. The molecular weight excluding hydrogens is 272 g/mol. The van der Waals surface area contributed by atoms with Gasteiger partial charge in [-0.2, -0.15) is 5.10 Å². The molecule has 0 radical (unpaired) electrons. The highest BCUT2D eigenvalue weighted by atomic mass is 35.5. The molecule has 0 aliphatic carbocycles. The van der Waals surface area contributed by atoms with Crippen LogP contribution in [0.1, 0.15) is 41.2 Å². The minimum Gasteiger partial charge on any atom is -0.294 e. The van der Waals surface area contributed by atoms with E-state index in [4.69, 9.17) is 11.6 Å². The number of halogens is 1. The molecule has 2 rings (SSSR count). The van der Waals surface area contributed by atoms with Crippen LogP contribution in [-0.4, -0.2) is 15.6 Å². The summed E-state index contributed by atoms with van der Waals surface area (Å²) in [6.07, 6.45) is 1.07. The Morgan fingerprint density at radius 2 is 1.90 bits per heavy atom. The summed E-state index contributed by atoms with van der Waals surface area (Å²) in [5.41, 5.74) is 3.54. The Bertz CT molecular complexity index is 614. The van der Waals surface area contributed by atoms with Crippen molar-refractivity contribution >= 4 is 17.4 Å². The van der Waals surface area contributed by atoms with E-state index in [1.807, 2.05) is 49.7 Å². The molecule has 0 fully saturated rings. The second-order valence-electron chi connectivity index (χ2n) is 4.84. The van der Waals surface area contributed by atoms with Crippen LogP contribution in [0.3, 0.4) is 0 Å². The molecule has 0 aliphatic heterocycles. The van der Waals surface area contributed by atoms with Crippen LogP contribution in [0.2, 0.25) is 5.02 Å². The Morgan fingerprint density at radius 1 is 1.25 bits per heavy atom. The van der Waals surface area contributed by atoms with Gasteiger partial charge in [0.05, 0.1) is 22.8 Å². The lowest BCUT2D eigenvalue weighted by molar-refractivity contribution is 0.0990. The molecule has 0 N–H and O–H groups in total. The van der Waals surface area contributed by atoms with Crippen LogP contribution in [0.4, 0.5) is 0 Å². The summed E-state index contributed by atoms with van der Waals surface area (Å²) in [4.78, 5) is 12.3. The molecule has 0 amide bonds. The van der Waals surface area contributed by atoms with E-state index in [1.165, 1.54) is 0 Å². The van der Waals surface area contributed by atoms with Gasteiger partial charge in [0.1, 0.15) is 0 Å². The lowest BCUT2D eigenvalue weighted by Gasteiger charge is -2.05. The minimum absolute atomic E-state index is 0.0733. The molecule has 0 unspecified atom stereocenters. The molecule has 1 aromatic carbocycles. The van der Waals surface area contributed by atoms with E-state index < -0.39 is 0 Å². The second-order valence-corrected chi connectivity index (χ2v) is 5.22. The van der Waals surface area contributed by atoms with E-state index >= 15 is 0 Å². The number of nitrogens with zero attached hydrogens (tertiary/aromatic N) is 2. The predicted molar refractivity (Wildman–Crippen MR) is 81.5 cm³/mol. The number of carbonyl (C=O) groups is 1. The van der Waals surface area contributed by atoms with Crippen LogP contribution < -0.4 is 0 Å². The van der Waals surface area contributed by atoms with Gasteiger partial charge < -0.3 is 0 Å². The fourth-order valence-electron chi connectivity index (χ4n) is 2.18. The first kappa shape index (κ1) is 14.8. The first-order valence-corrected chi connectivity index (χ1v) is 7.28. The first-order chi connectivity index (χ1) is 9.56. The molecule has 2 aromatic rings. The van der Waals surface area contributed by atoms with Crippen molar-refractivity contribution in [3.8, 4) is 0 Å². The number of ketones is 1. The third kappa shape index (κ3) is 2.93. The third-order valence-electron chi connectivity index (χ3n) is 3.40. The lowest BCUT2D eigenvalue weighted by Crippen LogP contribution is -2.10. The highest BCUT2D eigenvalue weighted by Gasteiger charge is 2.18. The van der Waals surface area contributed by atoms with Gasteiger partial charge in [0.25, 0.3) is 0 Å². The van der Waals surface area contributed by atoms with Gasteiger partial charge >= 0.3 is 0 Å². The van der Waals surface area contributed by atoms with Crippen molar-refractivity contribution < 1.29 is 4.79 Å². The number of benzene rings is 1. The van der Waals surface area contributed by atoms with Crippen LogP contribution >= 0.6 is 11.6 Å². The van der Waals surface area contributed by atoms with Crippen molar-refractivity contribution in [3.63, 3.8) is 0 Å². The minimum atomic E-state index is 0.0733. The molecule has 1 aromatic heterocycles. The zero-order valence-corrected chi connectivity index (χ0v) is 12.9. The molecule has 3 nitrogen and oxygen atoms in total. The topological polar surface area (TPSA) is 34.9 Å². The van der Waals surface area contributed by atoms with E-state index in [0.717, 1.165) is 29.9 Å². The fraction of sp³-hybridized carbons (Fsp3) is 0.375. The zero-order chi connectivity index (χ0) is 14.7. The van der Waals surface area contributed by atoms with E-state index in [9.17, 15) is 4.79 Å². The van der Waals surface area contributed by atoms with Crippen molar-refractivity contribution in [2.45, 2.75) is 40.2 Å². The monoisotopic (exact) mass is 290 g/mol. The zero-order valence-electron chi connectivity index (χ0n) is 12.1. The van der Waals surface area contributed by atoms with Gasteiger partial charge in [-0.3, -0.25) is 9.48 Å². The summed E-state index contributed by atoms with van der Waals surface area (Å²) in [6.45, 7) is 6.74. The summed E-state index contributed by atoms with van der Waals surface area (Å²) in [6, 6.07) is 7.62. The van der Waals surface area contributed by atoms with Crippen LogP contribution in [0.5, 0.6) is 0 Å². The third-order valence-corrected chi connectivity index (χ3v) is 3.83. The van der Waals surface area contributed by atoms with Gasteiger partial charge in [-0.05, 0) is 20.3 Å². The van der Waals surface area contributed by atoms with Crippen LogP contribution in [0, 0.1) is 6.92 Å². The Morgan fingerprint density at radius 3 is 2.45 bits per heavy atom. The van der Waals surface area contributed by atoms with E-state index in [1.54, 1.807) is 0 Å². The van der Waals surface area contributed by atoms with Crippen molar-refractivity contribution in [1.29, 1.82) is 0 Å². The highest BCUT2D eigenvalue weighted by molar-refractivity contribution is 6.32. The molecule has 0 aliphatic rings. The summed E-state index contributed by atoms with van der Waals surface area (Å²) in [7, 11) is 0. The normalized spacial score (nSPS) is 10.8. The van der Waals surface area contributed by atoms with Gasteiger partial charge in [0.15, 0.2) is 5.78 Å². The number of hydrogen-bond donors (Lipinski definition) is 0. The van der Waals surface area contributed by atoms with E-state index in [0.29, 0.717) is 17.0 Å². The molecule has 20 heavy (non-hydrogen) atoms. The summed E-state index contributed by atoms with van der Waals surface area (Å²) in [5, 5.41) is 5.07. The molecule has 0 atom stereocenters. The van der Waals surface area contributed by atoms with Crippen LogP contribution in [-0.2, 0) is 19.4 Å². The maximum absolute atomic E-state index is 12.3. The largest absolute Gasteiger partial charge is 0.294 e. The number of hydrogen-bond acceptors (Lipinski definition) is 2. The van der Waals surface area contributed by atoms with Gasteiger partial charge in [0, 0.05) is 12.1 Å². The molecule has 0 saturated heterocycles. The van der Waals surface area contributed by atoms with Crippen LogP contribution in [0.25, 0.3) is 0 Å². The maximum Gasteiger partial charge on any atom is 0.168 e. The maximum atomic E-state index is 12.3. The van der Waals surface area contributed by atoms with Crippen molar-refractivity contribution in [3.05, 3.63) is 51.8 Å². The Kier molecular flexibility index (Phi) is 4.61. The summed E-state index contributed by atoms with van der Waals surface area (Å²) < 4.78 is 1.83. The fourth-order valence-corrected chi connectivity index (χ4v) is 2.52. The Balaban J connectivity index is 2.27. The van der Waals surface area contributed by atoms with Gasteiger partial charge in [0.2, 0.25) is 0 Å². The van der Waals surface area contributed by atoms with E-state index in [-0.39, 0.29) is 5.78 Å². The number of Topliss-reactive ketones (excluding diaryl/α,β-unsaturated/α-hetero) is 1. The molecule has 0 saturated carbocycles. The predicted octanol–water partition coefficient (Wildman–Crippen LogP) is 3.85. The number of aryl methyl sites for hydroxylation is 3. The van der Waals surface area contributed by atoms with Gasteiger partial charge in [-0.15, -0.1) is 0 Å². The summed E-state index contributed by atoms with van der Waals surface area (Å²) >= 11 is 6.33. The lowest BCUT2D eigenvalue weighted by atomic mass is 10.0. The molecule has 106 valence electrons. The average molecular weight is 291 g/mol. The van der Waals surface area contributed by atoms with E-state index in [2.05, 4.69) is 5.10 Å².